The number of ether oxygens (including phenoxy) is 2. The maximum absolute atomic E-state index is 11.6. The maximum atomic E-state index is 11.6. The summed E-state index contributed by atoms with van der Waals surface area (Å²) < 4.78 is 34.3. The third-order valence-corrected chi connectivity index (χ3v) is 7.13. The van der Waals surface area contributed by atoms with Crippen molar-refractivity contribution in [2.45, 2.75) is 25.8 Å². The van der Waals surface area contributed by atoms with Crippen molar-refractivity contribution in [2.75, 3.05) is 50.4 Å². The molecule has 1 aliphatic heterocycles. The number of carbonyl (C=O) groups is 1. The molecule has 4 rings (SSSR count). The Morgan fingerprint density at radius 3 is 2.72 bits per heavy atom. The van der Waals surface area contributed by atoms with Crippen LogP contribution in [0, 0.1) is 0 Å². The van der Waals surface area contributed by atoms with Gasteiger partial charge in [0.2, 0.25) is 0 Å². The Morgan fingerprint density at radius 1 is 1.17 bits per heavy atom. The van der Waals surface area contributed by atoms with E-state index in [0.717, 1.165) is 48.6 Å². The van der Waals surface area contributed by atoms with Crippen LogP contribution in [0.4, 0.5) is 5.82 Å². The molecule has 10 heteroatoms. The number of aromatic nitrogens is 2. The molecule has 0 amide bonds. The normalized spacial score (nSPS) is 16.7. The van der Waals surface area contributed by atoms with Crippen LogP contribution in [0.2, 0.25) is 0 Å². The molecule has 3 aromatic rings. The van der Waals surface area contributed by atoms with Crippen molar-refractivity contribution in [1.29, 1.82) is 0 Å². The quantitative estimate of drug-likeness (QED) is 0.235. The van der Waals surface area contributed by atoms with E-state index in [2.05, 4.69) is 20.4 Å². The fraction of sp³-hybridized carbons (Fsp3) is 0.423. The molecule has 9 nitrogen and oxygen atoms in total. The van der Waals surface area contributed by atoms with Crippen LogP contribution in [0.1, 0.15) is 30.1 Å². The molecule has 2 heterocycles. The Balaban J connectivity index is 1.61. The molecule has 0 aliphatic carbocycles. The van der Waals surface area contributed by atoms with E-state index in [1.54, 1.807) is 12.1 Å². The van der Waals surface area contributed by atoms with Gasteiger partial charge in [-0.15, -0.1) is 10.2 Å². The zero-order chi connectivity index (χ0) is 25.5. The van der Waals surface area contributed by atoms with Gasteiger partial charge in [0.05, 0.1) is 5.75 Å². The number of sulfone groups is 1. The lowest BCUT2D eigenvalue weighted by Gasteiger charge is -2.33. The van der Waals surface area contributed by atoms with Gasteiger partial charge in [0.25, 0.3) is 0 Å². The van der Waals surface area contributed by atoms with E-state index in [9.17, 15) is 13.2 Å². The highest BCUT2D eigenvalue weighted by Gasteiger charge is 2.23. The van der Waals surface area contributed by atoms with Gasteiger partial charge in [-0.1, -0.05) is 30.3 Å². The Bertz CT molecular complexity index is 1310. The first-order chi connectivity index (χ1) is 17.4. The molecular formula is C26H32N4O5S. The summed E-state index contributed by atoms with van der Waals surface area (Å²) in [6.07, 6.45) is 4.00. The monoisotopic (exact) mass is 512 g/mol. The number of benzene rings is 2. The van der Waals surface area contributed by atoms with Crippen LogP contribution >= 0.6 is 0 Å². The van der Waals surface area contributed by atoms with Crippen molar-refractivity contribution in [3.05, 3.63) is 48.0 Å². The van der Waals surface area contributed by atoms with E-state index in [0.29, 0.717) is 36.0 Å². The van der Waals surface area contributed by atoms with Gasteiger partial charge in [-0.3, -0.25) is 4.79 Å². The highest BCUT2D eigenvalue weighted by molar-refractivity contribution is 7.90. The van der Waals surface area contributed by atoms with Crippen molar-refractivity contribution >= 4 is 32.7 Å². The fourth-order valence-electron chi connectivity index (χ4n) is 4.39. The first-order valence-electron chi connectivity index (χ1n) is 12.1. The predicted octanol–water partition coefficient (Wildman–Crippen LogP) is 3.40. The summed E-state index contributed by atoms with van der Waals surface area (Å²) in [5.74, 6) is 1.35. The zero-order valence-electron chi connectivity index (χ0n) is 20.6. The van der Waals surface area contributed by atoms with Crippen LogP contribution in [0.3, 0.4) is 0 Å². The smallest absolute Gasteiger partial charge is 0.189 e. The van der Waals surface area contributed by atoms with Crippen LogP contribution in [0.25, 0.3) is 22.0 Å². The second-order valence-corrected chi connectivity index (χ2v) is 11.2. The largest absolute Gasteiger partial charge is 0.467 e. The first kappa shape index (κ1) is 26.0. The summed E-state index contributed by atoms with van der Waals surface area (Å²) in [7, 11) is -3.00. The van der Waals surface area contributed by atoms with Gasteiger partial charge < -0.3 is 19.7 Å². The Hall–Kier alpha value is -3.08. The second-order valence-electron chi connectivity index (χ2n) is 8.99. The van der Waals surface area contributed by atoms with E-state index < -0.39 is 9.84 Å². The number of nitrogens with one attached hydrogen (secondary N) is 1. The van der Waals surface area contributed by atoms with Crippen molar-refractivity contribution < 1.29 is 22.7 Å². The van der Waals surface area contributed by atoms with Gasteiger partial charge in [0.1, 0.15) is 27.6 Å². The SMILES string of the molecule is CCOCOc1cc(C=O)ccc1-c1nnc(N[C@@H]2CCCN(CCS(C)(=O)=O)C2)c2ccccc12. The number of nitrogens with zero attached hydrogens (tertiary/aromatic N) is 3. The highest BCUT2D eigenvalue weighted by atomic mass is 32.2. The molecule has 0 radical (unpaired) electrons. The molecule has 1 aromatic heterocycles. The number of likely N-dealkylation sites (tertiary alicyclic amines) is 1. The fourth-order valence-corrected chi connectivity index (χ4v) is 4.98. The Morgan fingerprint density at radius 2 is 1.97 bits per heavy atom. The number of hydrogen-bond donors (Lipinski definition) is 1. The topological polar surface area (TPSA) is 111 Å². The molecule has 36 heavy (non-hydrogen) atoms. The summed E-state index contributed by atoms with van der Waals surface area (Å²) in [6, 6.07) is 13.3. The standard InChI is InChI=1S/C26H32N4O5S/c1-3-34-18-35-24-15-19(17-31)10-11-23(24)25-21-8-4-5-9-22(21)26(29-28-25)27-20-7-6-12-30(16-20)13-14-36(2,32)33/h4-5,8-11,15,17,20H,3,6-7,12-14,16,18H2,1-2H3,(H,27,29)/t20-/m1/s1. The van der Waals surface area contributed by atoms with Crippen molar-refractivity contribution in [3.8, 4) is 17.0 Å². The Kier molecular flexibility index (Phi) is 8.50. The minimum atomic E-state index is -3.00. The first-order valence-corrected chi connectivity index (χ1v) is 14.2. The average Bonchev–Trinajstić information content (AvgIpc) is 2.88. The number of hydrogen-bond acceptors (Lipinski definition) is 9. The lowest BCUT2D eigenvalue weighted by atomic mass is 10.0. The minimum Gasteiger partial charge on any atom is -0.467 e. The molecule has 1 atom stereocenters. The molecule has 1 saturated heterocycles. The van der Waals surface area contributed by atoms with Crippen molar-refractivity contribution in [2.24, 2.45) is 0 Å². The lowest BCUT2D eigenvalue weighted by molar-refractivity contribution is 0.0227. The average molecular weight is 513 g/mol. The van der Waals surface area contributed by atoms with E-state index in [4.69, 9.17) is 9.47 Å². The van der Waals surface area contributed by atoms with Gasteiger partial charge >= 0.3 is 0 Å². The molecule has 2 aromatic carbocycles. The maximum Gasteiger partial charge on any atom is 0.189 e. The number of fused-ring (bicyclic) bond motifs is 1. The molecule has 0 bridgehead atoms. The predicted molar refractivity (Wildman–Crippen MR) is 140 cm³/mol. The van der Waals surface area contributed by atoms with Crippen molar-refractivity contribution in [1.82, 2.24) is 15.1 Å². The number of carbonyl (C=O) groups excluding carboxylic acids is 1. The minimum absolute atomic E-state index is 0.0638. The van der Waals surface area contributed by atoms with Gasteiger partial charge in [-0.25, -0.2) is 8.42 Å². The third-order valence-electron chi connectivity index (χ3n) is 6.21. The van der Waals surface area contributed by atoms with Gasteiger partial charge in [0, 0.05) is 53.9 Å². The van der Waals surface area contributed by atoms with Gasteiger partial charge in [-0.2, -0.15) is 0 Å². The van der Waals surface area contributed by atoms with Crippen LogP contribution in [0.15, 0.2) is 42.5 Å². The summed E-state index contributed by atoms with van der Waals surface area (Å²) >= 11 is 0. The molecule has 1 aliphatic rings. The number of anilines is 1. The molecular weight excluding hydrogens is 480 g/mol. The van der Waals surface area contributed by atoms with Crippen molar-refractivity contribution in [3.63, 3.8) is 0 Å². The number of rotatable bonds is 11. The number of aldehydes is 1. The summed E-state index contributed by atoms with van der Waals surface area (Å²) in [4.78, 5) is 13.5. The molecule has 1 fully saturated rings. The van der Waals surface area contributed by atoms with Crippen LogP contribution in [-0.2, 0) is 14.6 Å². The van der Waals surface area contributed by atoms with E-state index in [1.165, 1.54) is 6.26 Å². The highest BCUT2D eigenvalue weighted by Crippen LogP contribution is 2.36. The summed E-state index contributed by atoms with van der Waals surface area (Å²) in [5, 5.41) is 14.5. The molecule has 0 spiro atoms. The Labute approximate surface area is 211 Å². The van der Waals surface area contributed by atoms with Crippen LogP contribution in [-0.4, -0.2) is 80.9 Å². The summed E-state index contributed by atoms with van der Waals surface area (Å²) in [5.41, 5.74) is 1.87. The summed E-state index contributed by atoms with van der Waals surface area (Å²) in [6.45, 7) is 4.63. The zero-order valence-corrected chi connectivity index (χ0v) is 21.5. The third kappa shape index (κ3) is 6.57. The van der Waals surface area contributed by atoms with Gasteiger partial charge in [-0.05, 0) is 38.4 Å². The van der Waals surface area contributed by atoms with E-state index in [-0.39, 0.29) is 18.6 Å². The van der Waals surface area contributed by atoms with Gasteiger partial charge in [0.15, 0.2) is 12.6 Å². The molecule has 1 N–H and O–H groups in total. The van der Waals surface area contributed by atoms with E-state index in [1.807, 2.05) is 37.3 Å². The number of piperidine rings is 1. The lowest BCUT2D eigenvalue weighted by Crippen LogP contribution is -2.43. The molecule has 0 saturated carbocycles. The van der Waals surface area contributed by atoms with Crippen LogP contribution in [0.5, 0.6) is 5.75 Å². The van der Waals surface area contributed by atoms with E-state index >= 15 is 0 Å². The second kappa shape index (κ2) is 11.8. The van der Waals surface area contributed by atoms with Crippen LogP contribution < -0.4 is 10.1 Å². The molecule has 192 valence electrons. The molecule has 0 unspecified atom stereocenters.